The molecule has 1 radical (unpaired) electrons. The summed E-state index contributed by atoms with van der Waals surface area (Å²) in [7, 11) is -3.21. The smallest absolute Gasteiger partial charge is 0.194 e. The molecule has 0 saturated carbocycles. The Morgan fingerprint density at radius 1 is 1.60 bits per heavy atom. The highest BCUT2D eigenvalue weighted by molar-refractivity contribution is 7.90. The zero-order valence-corrected chi connectivity index (χ0v) is 6.09. The predicted octanol–water partition coefficient (Wildman–Crippen LogP) is -0.320. The molecule has 0 atom stereocenters. The lowest BCUT2D eigenvalue weighted by atomic mass is 10.8. The molecule has 1 heterocycles. The third kappa shape index (κ3) is 1.51. The van der Waals surface area contributed by atoms with Gasteiger partial charge in [-0.05, 0) is 0 Å². The van der Waals surface area contributed by atoms with Gasteiger partial charge in [-0.25, -0.2) is 13.4 Å². The second kappa shape index (κ2) is 2.34. The van der Waals surface area contributed by atoms with Crippen molar-refractivity contribution in [3.8, 4) is 0 Å². The van der Waals surface area contributed by atoms with Crippen LogP contribution in [0.3, 0.4) is 0 Å². The van der Waals surface area contributed by atoms with Gasteiger partial charge in [-0.1, -0.05) is 0 Å². The third-order valence-electron chi connectivity index (χ3n) is 0.872. The molecule has 0 aliphatic heterocycles. The molecule has 4 nitrogen and oxygen atoms in total. The van der Waals surface area contributed by atoms with Crippen LogP contribution in [0.5, 0.6) is 0 Å². The fourth-order valence-corrected chi connectivity index (χ4v) is 0.905. The van der Waals surface area contributed by atoms with E-state index in [9.17, 15) is 8.42 Å². The SMILES string of the molecule is CS(=O)(=O)c1cnc[c]n1. The van der Waals surface area contributed by atoms with E-state index in [1.165, 1.54) is 12.4 Å². The summed E-state index contributed by atoms with van der Waals surface area (Å²) in [5, 5.41) is -0.0463. The van der Waals surface area contributed by atoms with E-state index in [0.29, 0.717) is 0 Å². The second-order valence-electron chi connectivity index (χ2n) is 1.76. The summed E-state index contributed by atoms with van der Waals surface area (Å²) < 4.78 is 21.4. The van der Waals surface area contributed by atoms with E-state index in [1.54, 1.807) is 0 Å². The van der Waals surface area contributed by atoms with Gasteiger partial charge in [0.15, 0.2) is 14.9 Å². The molecule has 0 aliphatic rings. The maximum Gasteiger partial charge on any atom is 0.194 e. The Kier molecular flexibility index (Phi) is 1.67. The second-order valence-corrected chi connectivity index (χ2v) is 3.72. The fraction of sp³-hybridized carbons (Fsp3) is 0.200. The number of hydrogen-bond acceptors (Lipinski definition) is 4. The molecular formula is C5H5N2O2S. The first-order valence-corrected chi connectivity index (χ1v) is 4.38. The number of rotatable bonds is 1. The molecule has 5 heteroatoms. The first kappa shape index (κ1) is 7.14. The highest BCUT2D eigenvalue weighted by Gasteiger charge is 2.06. The number of aromatic nitrogens is 2. The van der Waals surface area contributed by atoms with Crippen molar-refractivity contribution in [1.29, 1.82) is 0 Å². The first-order valence-electron chi connectivity index (χ1n) is 2.49. The highest BCUT2D eigenvalue weighted by atomic mass is 32.2. The van der Waals surface area contributed by atoms with Gasteiger partial charge in [0.25, 0.3) is 0 Å². The number of hydrogen-bond donors (Lipinski definition) is 0. The van der Waals surface area contributed by atoms with Crippen molar-refractivity contribution in [2.45, 2.75) is 5.03 Å². The molecule has 0 unspecified atom stereocenters. The Labute approximate surface area is 58.9 Å². The summed E-state index contributed by atoms with van der Waals surface area (Å²) in [5.74, 6) is 0. The Morgan fingerprint density at radius 2 is 2.30 bits per heavy atom. The van der Waals surface area contributed by atoms with E-state index < -0.39 is 9.84 Å². The topological polar surface area (TPSA) is 59.9 Å². The van der Waals surface area contributed by atoms with Crippen LogP contribution >= 0.6 is 0 Å². The van der Waals surface area contributed by atoms with Crippen LogP contribution in [0.25, 0.3) is 0 Å². The average molecular weight is 157 g/mol. The molecule has 0 saturated heterocycles. The first-order chi connectivity index (χ1) is 4.61. The van der Waals surface area contributed by atoms with Crippen LogP contribution in [0.2, 0.25) is 0 Å². The van der Waals surface area contributed by atoms with Gasteiger partial charge in [0.05, 0.1) is 12.4 Å². The number of sulfone groups is 1. The lowest BCUT2D eigenvalue weighted by molar-refractivity contribution is 0.597. The van der Waals surface area contributed by atoms with E-state index in [-0.39, 0.29) is 5.03 Å². The Balaban J connectivity index is 3.22. The molecular weight excluding hydrogens is 152 g/mol. The minimum Gasteiger partial charge on any atom is -0.259 e. The maximum atomic E-state index is 10.7. The summed E-state index contributed by atoms with van der Waals surface area (Å²) in [6.45, 7) is 0. The maximum absolute atomic E-state index is 10.7. The van der Waals surface area contributed by atoms with Gasteiger partial charge in [-0.2, -0.15) is 0 Å². The minimum atomic E-state index is -3.21. The molecule has 53 valence electrons. The van der Waals surface area contributed by atoms with Crippen LogP contribution in [0.15, 0.2) is 17.4 Å². The zero-order valence-electron chi connectivity index (χ0n) is 5.27. The van der Waals surface area contributed by atoms with Crippen molar-refractivity contribution >= 4 is 9.84 Å². The van der Waals surface area contributed by atoms with Gasteiger partial charge < -0.3 is 0 Å². The molecule has 1 aromatic heterocycles. The van der Waals surface area contributed by atoms with Crippen molar-refractivity contribution < 1.29 is 8.42 Å². The average Bonchev–Trinajstić information content (AvgIpc) is 1.88. The molecule has 0 bridgehead atoms. The van der Waals surface area contributed by atoms with Crippen LogP contribution in [-0.2, 0) is 9.84 Å². The third-order valence-corrected chi connectivity index (χ3v) is 1.83. The van der Waals surface area contributed by atoms with Gasteiger partial charge in [-0.15, -0.1) is 0 Å². The normalized spacial score (nSPS) is 11.3. The van der Waals surface area contributed by atoms with Crippen LogP contribution in [0.4, 0.5) is 0 Å². The number of nitrogens with zero attached hydrogens (tertiary/aromatic N) is 2. The molecule has 0 fully saturated rings. The highest BCUT2D eigenvalue weighted by Crippen LogP contribution is 1.98. The Morgan fingerprint density at radius 3 is 2.60 bits per heavy atom. The van der Waals surface area contributed by atoms with Crippen LogP contribution < -0.4 is 0 Å². The summed E-state index contributed by atoms with van der Waals surface area (Å²) in [6.07, 6.45) is 5.89. The largest absolute Gasteiger partial charge is 0.259 e. The lowest BCUT2D eigenvalue weighted by Crippen LogP contribution is -1.99. The molecule has 10 heavy (non-hydrogen) atoms. The molecule has 0 amide bonds. The van der Waals surface area contributed by atoms with Crippen LogP contribution in [0.1, 0.15) is 0 Å². The van der Waals surface area contributed by atoms with Gasteiger partial charge in [0.1, 0.15) is 6.20 Å². The van der Waals surface area contributed by atoms with E-state index in [0.717, 1.165) is 6.26 Å². The van der Waals surface area contributed by atoms with Crippen molar-refractivity contribution in [1.82, 2.24) is 9.97 Å². The van der Waals surface area contributed by atoms with Crippen molar-refractivity contribution in [3.63, 3.8) is 0 Å². The quantitative estimate of drug-likeness (QED) is 0.560. The fourth-order valence-electron chi connectivity index (χ4n) is 0.434. The van der Waals surface area contributed by atoms with Gasteiger partial charge in [-0.3, -0.25) is 4.98 Å². The van der Waals surface area contributed by atoms with E-state index in [2.05, 4.69) is 16.2 Å². The van der Waals surface area contributed by atoms with E-state index >= 15 is 0 Å². The molecule has 0 aliphatic carbocycles. The van der Waals surface area contributed by atoms with Crippen molar-refractivity contribution in [2.75, 3.05) is 6.26 Å². The van der Waals surface area contributed by atoms with E-state index in [1.807, 2.05) is 0 Å². The van der Waals surface area contributed by atoms with Gasteiger partial charge in [0, 0.05) is 6.26 Å². The Hall–Kier alpha value is -0.970. The molecule has 0 aromatic carbocycles. The van der Waals surface area contributed by atoms with Crippen LogP contribution in [-0.4, -0.2) is 24.6 Å². The zero-order chi connectivity index (χ0) is 7.61. The summed E-state index contributed by atoms with van der Waals surface area (Å²) in [6, 6.07) is 0. The summed E-state index contributed by atoms with van der Waals surface area (Å²) in [4.78, 5) is 7.03. The molecule has 0 spiro atoms. The molecule has 1 rings (SSSR count). The Bertz CT molecular complexity index is 306. The van der Waals surface area contributed by atoms with Gasteiger partial charge >= 0.3 is 0 Å². The van der Waals surface area contributed by atoms with Gasteiger partial charge in [0.2, 0.25) is 0 Å². The molecule has 0 N–H and O–H groups in total. The van der Waals surface area contributed by atoms with Crippen LogP contribution in [0, 0.1) is 6.20 Å². The standard InChI is InChI=1S/C5H5N2O2S/c1-10(8,9)5-4-6-2-3-7-5/h2,4H,1H3. The summed E-state index contributed by atoms with van der Waals surface area (Å²) in [5.41, 5.74) is 0. The summed E-state index contributed by atoms with van der Waals surface area (Å²) >= 11 is 0. The molecule has 1 aromatic rings. The monoisotopic (exact) mass is 157 g/mol. The predicted molar refractivity (Wildman–Crippen MR) is 34.0 cm³/mol. The van der Waals surface area contributed by atoms with Crippen molar-refractivity contribution in [3.05, 3.63) is 18.6 Å². The van der Waals surface area contributed by atoms with Crippen molar-refractivity contribution in [2.24, 2.45) is 0 Å². The van der Waals surface area contributed by atoms with E-state index in [4.69, 9.17) is 0 Å². The minimum absolute atomic E-state index is 0.0463. The lowest BCUT2D eigenvalue weighted by Gasteiger charge is -1.91.